The van der Waals surface area contributed by atoms with E-state index in [4.69, 9.17) is 9.47 Å². The van der Waals surface area contributed by atoms with E-state index in [9.17, 15) is 4.79 Å². The maximum absolute atomic E-state index is 12.2. The van der Waals surface area contributed by atoms with Gasteiger partial charge in [-0.25, -0.2) is 4.98 Å². The maximum atomic E-state index is 12.2. The van der Waals surface area contributed by atoms with E-state index >= 15 is 0 Å². The molecule has 6 heteroatoms. The third kappa shape index (κ3) is 3.60. The molecule has 2 aromatic carbocycles. The molecule has 5 nitrogen and oxygen atoms in total. The number of hydrogen-bond acceptors (Lipinski definition) is 5. The lowest BCUT2D eigenvalue weighted by molar-refractivity contribution is -0.122. The second-order valence-electron chi connectivity index (χ2n) is 4.91. The number of hydrogen-bond donors (Lipinski definition) is 1. The van der Waals surface area contributed by atoms with Crippen molar-refractivity contribution in [2.45, 2.75) is 13.0 Å². The quantitative estimate of drug-likeness (QED) is 0.775. The lowest BCUT2D eigenvalue weighted by Crippen LogP contribution is -2.30. The van der Waals surface area contributed by atoms with Crippen molar-refractivity contribution in [3.63, 3.8) is 0 Å². The number of benzene rings is 2. The van der Waals surface area contributed by atoms with E-state index in [-0.39, 0.29) is 5.91 Å². The van der Waals surface area contributed by atoms with Gasteiger partial charge < -0.3 is 9.47 Å². The van der Waals surface area contributed by atoms with Gasteiger partial charge in [-0.2, -0.15) is 0 Å². The van der Waals surface area contributed by atoms with Gasteiger partial charge in [0, 0.05) is 0 Å². The van der Waals surface area contributed by atoms with Crippen LogP contribution in [0.5, 0.6) is 11.5 Å². The first-order chi connectivity index (χ1) is 11.2. The number of nitrogens with one attached hydrogen (secondary N) is 1. The molecule has 0 saturated heterocycles. The minimum absolute atomic E-state index is 0.236. The van der Waals surface area contributed by atoms with E-state index in [2.05, 4.69) is 10.3 Å². The highest BCUT2D eigenvalue weighted by Crippen LogP contribution is 2.25. The van der Waals surface area contributed by atoms with Crippen LogP contribution in [0.2, 0.25) is 0 Å². The number of thiazole rings is 1. The van der Waals surface area contributed by atoms with Crippen molar-refractivity contribution in [3.8, 4) is 11.5 Å². The highest BCUT2D eigenvalue weighted by Gasteiger charge is 2.16. The Labute approximate surface area is 137 Å². The number of amides is 1. The highest BCUT2D eigenvalue weighted by molar-refractivity contribution is 7.22. The van der Waals surface area contributed by atoms with Crippen LogP contribution in [0.15, 0.2) is 48.5 Å². The smallest absolute Gasteiger partial charge is 0.266 e. The molecule has 1 N–H and O–H groups in total. The van der Waals surface area contributed by atoms with Crippen molar-refractivity contribution in [2.75, 3.05) is 12.4 Å². The molecule has 1 heterocycles. The molecule has 23 heavy (non-hydrogen) atoms. The van der Waals surface area contributed by atoms with E-state index in [0.717, 1.165) is 16.0 Å². The van der Waals surface area contributed by atoms with Crippen LogP contribution < -0.4 is 14.8 Å². The SMILES string of the molecule is COc1ccc(O[C@H](C)C(=O)Nc2nc3ccccc3s2)cc1. The van der Waals surface area contributed by atoms with Crippen molar-refractivity contribution < 1.29 is 14.3 Å². The Kier molecular flexibility index (Phi) is 4.43. The predicted octanol–water partition coefficient (Wildman–Crippen LogP) is 3.71. The number of ether oxygens (including phenoxy) is 2. The molecule has 0 spiro atoms. The van der Waals surface area contributed by atoms with Gasteiger partial charge in [0.25, 0.3) is 5.91 Å². The van der Waals surface area contributed by atoms with Crippen LogP contribution >= 0.6 is 11.3 Å². The number of para-hydroxylation sites is 1. The Morgan fingerprint density at radius 1 is 1.13 bits per heavy atom. The number of rotatable bonds is 5. The normalized spacial score (nSPS) is 11.9. The van der Waals surface area contributed by atoms with Gasteiger partial charge in [-0.3, -0.25) is 10.1 Å². The van der Waals surface area contributed by atoms with E-state index in [1.165, 1.54) is 11.3 Å². The molecule has 0 saturated carbocycles. The summed E-state index contributed by atoms with van der Waals surface area (Å²) in [5.74, 6) is 1.11. The molecule has 0 unspecified atom stereocenters. The Morgan fingerprint density at radius 3 is 2.52 bits per heavy atom. The van der Waals surface area contributed by atoms with Gasteiger partial charge >= 0.3 is 0 Å². The van der Waals surface area contributed by atoms with Crippen molar-refractivity contribution in [3.05, 3.63) is 48.5 Å². The van der Waals surface area contributed by atoms with Crippen molar-refractivity contribution in [1.29, 1.82) is 0 Å². The molecule has 0 aliphatic heterocycles. The first kappa shape index (κ1) is 15.3. The van der Waals surface area contributed by atoms with Crippen LogP contribution in [0.25, 0.3) is 10.2 Å². The number of methoxy groups -OCH3 is 1. The van der Waals surface area contributed by atoms with Crippen LogP contribution in [0.3, 0.4) is 0 Å². The fourth-order valence-corrected chi connectivity index (χ4v) is 2.91. The zero-order valence-electron chi connectivity index (χ0n) is 12.8. The Hall–Kier alpha value is -2.60. The minimum atomic E-state index is -0.629. The standard InChI is InChI=1S/C17H16N2O3S/c1-11(22-13-9-7-12(21-2)8-10-13)16(20)19-17-18-14-5-3-4-6-15(14)23-17/h3-11H,1-2H3,(H,18,19,20)/t11-/m1/s1. The van der Waals surface area contributed by atoms with Gasteiger partial charge in [0.2, 0.25) is 0 Å². The van der Waals surface area contributed by atoms with E-state index < -0.39 is 6.10 Å². The minimum Gasteiger partial charge on any atom is -0.497 e. The first-order valence-corrected chi connectivity index (χ1v) is 7.94. The summed E-state index contributed by atoms with van der Waals surface area (Å²) in [6.45, 7) is 1.70. The molecule has 0 fully saturated rings. The number of aromatic nitrogens is 1. The monoisotopic (exact) mass is 328 g/mol. The average molecular weight is 328 g/mol. The summed E-state index contributed by atoms with van der Waals surface area (Å²) in [5, 5.41) is 3.36. The van der Waals surface area contributed by atoms with Crippen molar-refractivity contribution in [2.24, 2.45) is 0 Å². The predicted molar refractivity (Wildman–Crippen MR) is 91.3 cm³/mol. The summed E-state index contributed by atoms with van der Waals surface area (Å²) in [6, 6.07) is 14.9. The Bertz CT molecular complexity index is 781. The second kappa shape index (κ2) is 6.66. The highest BCUT2D eigenvalue weighted by atomic mass is 32.1. The third-order valence-electron chi connectivity index (χ3n) is 3.27. The fraction of sp³-hybridized carbons (Fsp3) is 0.176. The fourth-order valence-electron chi connectivity index (χ4n) is 2.04. The molecule has 118 valence electrons. The largest absolute Gasteiger partial charge is 0.497 e. The van der Waals surface area contributed by atoms with Crippen LogP contribution in [0.1, 0.15) is 6.92 Å². The summed E-state index contributed by atoms with van der Waals surface area (Å²) in [4.78, 5) is 16.6. The number of carbonyl (C=O) groups excluding carboxylic acids is 1. The molecule has 0 aliphatic carbocycles. The molecule has 3 aromatic rings. The lowest BCUT2D eigenvalue weighted by atomic mass is 10.3. The van der Waals surface area contributed by atoms with Gasteiger partial charge in [0.1, 0.15) is 11.5 Å². The molecule has 1 aromatic heterocycles. The number of nitrogens with zero attached hydrogens (tertiary/aromatic N) is 1. The topological polar surface area (TPSA) is 60.5 Å². The summed E-state index contributed by atoms with van der Waals surface area (Å²) in [7, 11) is 1.60. The van der Waals surface area contributed by atoms with E-state index in [1.54, 1.807) is 38.3 Å². The van der Waals surface area contributed by atoms with Gasteiger partial charge in [-0.05, 0) is 43.3 Å². The summed E-state index contributed by atoms with van der Waals surface area (Å²) in [5.41, 5.74) is 0.872. The maximum Gasteiger partial charge on any atom is 0.266 e. The Morgan fingerprint density at radius 2 is 1.83 bits per heavy atom. The molecule has 1 atom stereocenters. The molecular weight excluding hydrogens is 312 g/mol. The molecule has 3 rings (SSSR count). The first-order valence-electron chi connectivity index (χ1n) is 7.13. The molecule has 0 radical (unpaired) electrons. The van der Waals surface area contributed by atoms with Gasteiger partial charge in [-0.15, -0.1) is 0 Å². The molecule has 0 aliphatic rings. The van der Waals surface area contributed by atoms with Gasteiger partial charge in [0.15, 0.2) is 11.2 Å². The second-order valence-corrected chi connectivity index (χ2v) is 5.94. The lowest BCUT2D eigenvalue weighted by Gasteiger charge is -2.13. The zero-order chi connectivity index (χ0) is 16.2. The molecular formula is C17H16N2O3S. The van der Waals surface area contributed by atoms with Crippen molar-refractivity contribution >= 4 is 32.6 Å². The Balaban J connectivity index is 1.64. The van der Waals surface area contributed by atoms with Crippen molar-refractivity contribution in [1.82, 2.24) is 4.98 Å². The van der Waals surface area contributed by atoms with E-state index in [1.807, 2.05) is 24.3 Å². The van der Waals surface area contributed by atoms with Crippen LogP contribution in [0.4, 0.5) is 5.13 Å². The van der Waals surface area contributed by atoms with E-state index in [0.29, 0.717) is 10.9 Å². The number of anilines is 1. The average Bonchev–Trinajstić information content (AvgIpc) is 2.97. The molecule has 0 bridgehead atoms. The van der Waals surface area contributed by atoms with Crippen LogP contribution in [-0.2, 0) is 4.79 Å². The zero-order valence-corrected chi connectivity index (χ0v) is 13.6. The third-order valence-corrected chi connectivity index (χ3v) is 4.22. The van der Waals surface area contributed by atoms with Crippen LogP contribution in [-0.4, -0.2) is 24.1 Å². The van der Waals surface area contributed by atoms with Crippen LogP contribution in [0, 0.1) is 0 Å². The summed E-state index contributed by atoms with van der Waals surface area (Å²) < 4.78 is 11.8. The summed E-state index contributed by atoms with van der Waals surface area (Å²) in [6.07, 6.45) is -0.629. The molecule has 1 amide bonds. The van der Waals surface area contributed by atoms with Gasteiger partial charge in [-0.1, -0.05) is 23.5 Å². The number of carbonyl (C=O) groups is 1. The number of fused-ring (bicyclic) bond motifs is 1. The summed E-state index contributed by atoms with van der Waals surface area (Å²) >= 11 is 1.44. The van der Waals surface area contributed by atoms with Gasteiger partial charge in [0.05, 0.1) is 17.3 Å².